The standard InChI is InChI=1S/C17H18N4O2S/c1-2-20-14-4-3-7-18-15(14)21(17(20)23)13-5-8-19(10-13)16(22)12-6-9-24-11-12/h3-4,6-7,9,11,13H,2,5,8,10H2,1H3/t13-/m1/s1. The van der Waals surface area contributed by atoms with Gasteiger partial charge in [0, 0.05) is 31.2 Å². The van der Waals surface area contributed by atoms with Gasteiger partial charge in [-0.3, -0.25) is 13.9 Å². The number of fused-ring (bicyclic) bond motifs is 1. The van der Waals surface area contributed by atoms with E-state index in [9.17, 15) is 9.59 Å². The molecular formula is C17H18N4O2S. The van der Waals surface area contributed by atoms with Crippen molar-refractivity contribution in [2.45, 2.75) is 25.9 Å². The highest BCUT2D eigenvalue weighted by Gasteiger charge is 2.31. The Morgan fingerprint density at radius 2 is 2.29 bits per heavy atom. The summed E-state index contributed by atoms with van der Waals surface area (Å²) in [4.78, 5) is 31.6. The SMILES string of the molecule is CCn1c(=O)n([C@@H]2CCN(C(=O)c3ccsc3)C2)c2ncccc21. The number of nitrogens with zero attached hydrogens (tertiary/aromatic N) is 4. The van der Waals surface area contributed by atoms with Crippen LogP contribution in [0, 0.1) is 0 Å². The van der Waals surface area contributed by atoms with Crippen LogP contribution in [0.2, 0.25) is 0 Å². The molecule has 0 aliphatic carbocycles. The van der Waals surface area contributed by atoms with E-state index in [0.29, 0.717) is 25.3 Å². The molecule has 1 saturated heterocycles. The fourth-order valence-corrected chi connectivity index (χ4v) is 4.08. The summed E-state index contributed by atoms with van der Waals surface area (Å²) in [5.41, 5.74) is 2.25. The maximum Gasteiger partial charge on any atom is 0.330 e. The molecule has 1 aliphatic rings. The molecule has 0 aromatic carbocycles. The molecular weight excluding hydrogens is 324 g/mol. The molecule has 1 atom stereocenters. The van der Waals surface area contributed by atoms with Gasteiger partial charge in [-0.15, -0.1) is 0 Å². The number of aryl methyl sites for hydroxylation is 1. The van der Waals surface area contributed by atoms with Gasteiger partial charge in [-0.1, -0.05) is 0 Å². The zero-order valence-corrected chi connectivity index (χ0v) is 14.2. The first-order valence-corrected chi connectivity index (χ1v) is 9.02. The molecule has 124 valence electrons. The Labute approximate surface area is 143 Å². The third-order valence-corrected chi connectivity index (χ3v) is 5.31. The van der Waals surface area contributed by atoms with Gasteiger partial charge in [0.1, 0.15) is 0 Å². The number of imidazole rings is 1. The number of hydrogen-bond donors (Lipinski definition) is 0. The molecule has 0 saturated carbocycles. The lowest BCUT2D eigenvalue weighted by molar-refractivity contribution is 0.0788. The number of thiophene rings is 1. The number of rotatable bonds is 3. The van der Waals surface area contributed by atoms with Gasteiger partial charge in [-0.25, -0.2) is 9.78 Å². The summed E-state index contributed by atoms with van der Waals surface area (Å²) in [6.45, 7) is 3.78. The Morgan fingerprint density at radius 1 is 1.42 bits per heavy atom. The minimum Gasteiger partial charge on any atom is -0.336 e. The van der Waals surface area contributed by atoms with Crippen LogP contribution in [0.1, 0.15) is 29.7 Å². The Kier molecular flexibility index (Phi) is 3.72. The topological polar surface area (TPSA) is 60.1 Å². The predicted molar refractivity (Wildman–Crippen MR) is 93.5 cm³/mol. The first kappa shape index (κ1) is 15.1. The molecule has 24 heavy (non-hydrogen) atoms. The highest BCUT2D eigenvalue weighted by atomic mass is 32.1. The van der Waals surface area contributed by atoms with E-state index in [4.69, 9.17) is 0 Å². The van der Waals surface area contributed by atoms with Crippen molar-refractivity contribution < 1.29 is 4.79 Å². The van der Waals surface area contributed by atoms with E-state index in [1.165, 1.54) is 11.3 Å². The molecule has 0 spiro atoms. The Bertz CT molecular complexity index is 941. The van der Waals surface area contributed by atoms with Gasteiger partial charge in [0.2, 0.25) is 0 Å². The van der Waals surface area contributed by atoms with Crippen molar-refractivity contribution in [3.8, 4) is 0 Å². The second kappa shape index (κ2) is 5.90. The van der Waals surface area contributed by atoms with Crippen LogP contribution in [0.4, 0.5) is 0 Å². The summed E-state index contributed by atoms with van der Waals surface area (Å²) < 4.78 is 3.51. The fourth-order valence-electron chi connectivity index (χ4n) is 3.45. The van der Waals surface area contributed by atoms with Crippen molar-refractivity contribution in [3.63, 3.8) is 0 Å². The molecule has 7 heteroatoms. The van der Waals surface area contributed by atoms with Gasteiger partial charge < -0.3 is 4.90 Å². The number of carbonyl (C=O) groups is 1. The number of carbonyl (C=O) groups excluding carboxylic acids is 1. The number of hydrogen-bond acceptors (Lipinski definition) is 4. The van der Waals surface area contributed by atoms with Crippen LogP contribution in [0.25, 0.3) is 11.2 Å². The second-order valence-electron chi connectivity index (χ2n) is 5.95. The molecule has 1 fully saturated rings. The van der Waals surface area contributed by atoms with Gasteiger partial charge in [0.25, 0.3) is 5.91 Å². The highest BCUT2D eigenvalue weighted by Crippen LogP contribution is 2.25. The third kappa shape index (κ3) is 2.27. The Morgan fingerprint density at radius 3 is 3.04 bits per heavy atom. The van der Waals surface area contributed by atoms with Crippen molar-refractivity contribution in [1.29, 1.82) is 0 Å². The molecule has 3 aromatic rings. The van der Waals surface area contributed by atoms with Crippen LogP contribution < -0.4 is 5.69 Å². The summed E-state index contributed by atoms with van der Waals surface area (Å²) >= 11 is 1.52. The summed E-state index contributed by atoms with van der Waals surface area (Å²) in [7, 11) is 0. The predicted octanol–water partition coefficient (Wildman–Crippen LogP) is 2.37. The molecule has 6 nitrogen and oxygen atoms in total. The van der Waals surface area contributed by atoms with E-state index in [1.54, 1.807) is 15.3 Å². The third-order valence-electron chi connectivity index (χ3n) is 4.62. The first-order valence-electron chi connectivity index (χ1n) is 8.08. The largest absolute Gasteiger partial charge is 0.336 e. The smallest absolute Gasteiger partial charge is 0.330 e. The molecule has 1 aliphatic heterocycles. The van der Waals surface area contributed by atoms with Gasteiger partial charge in [-0.2, -0.15) is 11.3 Å². The summed E-state index contributed by atoms with van der Waals surface area (Å²) in [6.07, 6.45) is 2.48. The molecule has 1 amide bonds. The van der Waals surface area contributed by atoms with E-state index in [-0.39, 0.29) is 17.6 Å². The van der Waals surface area contributed by atoms with Crippen LogP contribution >= 0.6 is 11.3 Å². The lowest BCUT2D eigenvalue weighted by Crippen LogP contribution is -2.32. The van der Waals surface area contributed by atoms with Gasteiger partial charge >= 0.3 is 5.69 Å². The van der Waals surface area contributed by atoms with Crippen molar-refractivity contribution in [1.82, 2.24) is 19.0 Å². The van der Waals surface area contributed by atoms with Crippen LogP contribution in [0.3, 0.4) is 0 Å². The van der Waals surface area contributed by atoms with Crippen molar-refractivity contribution in [2.24, 2.45) is 0 Å². The van der Waals surface area contributed by atoms with Crippen molar-refractivity contribution in [3.05, 3.63) is 51.2 Å². The monoisotopic (exact) mass is 342 g/mol. The molecule has 0 N–H and O–H groups in total. The summed E-state index contributed by atoms with van der Waals surface area (Å²) in [5.74, 6) is 0.0407. The van der Waals surface area contributed by atoms with Crippen LogP contribution in [0.15, 0.2) is 40.0 Å². The molecule has 0 radical (unpaired) electrons. The minimum absolute atomic E-state index is 0.0229. The van der Waals surface area contributed by atoms with Crippen molar-refractivity contribution >= 4 is 28.4 Å². The van der Waals surface area contributed by atoms with E-state index >= 15 is 0 Å². The Balaban J connectivity index is 1.69. The quantitative estimate of drug-likeness (QED) is 0.734. The van der Waals surface area contributed by atoms with Gasteiger partial charge in [-0.05, 0) is 36.9 Å². The zero-order valence-electron chi connectivity index (χ0n) is 13.4. The van der Waals surface area contributed by atoms with Crippen LogP contribution in [0.5, 0.6) is 0 Å². The summed E-state index contributed by atoms with van der Waals surface area (Å²) in [6, 6.07) is 5.59. The zero-order chi connectivity index (χ0) is 16.7. The number of pyridine rings is 1. The van der Waals surface area contributed by atoms with Gasteiger partial charge in [0.05, 0.1) is 17.1 Å². The lowest BCUT2D eigenvalue weighted by atomic mass is 10.2. The van der Waals surface area contributed by atoms with Crippen LogP contribution in [-0.4, -0.2) is 38.0 Å². The van der Waals surface area contributed by atoms with Crippen LogP contribution in [-0.2, 0) is 6.54 Å². The van der Waals surface area contributed by atoms with E-state index in [2.05, 4.69) is 4.98 Å². The molecule has 0 unspecified atom stereocenters. The normalized spacial score (nSPS) is 17.7. The average Bonchev–Trinajstić information content (AvgIpc) is 3.32. The second-order valence-corrected chi connectivity index (χ2v) is 6.73. The van der Waals surface area contributed by atoms with Crippen molar-refractivity contribution in [2.75, 3.05) is 13.1 Å². The number of amides is 1. The number of aromatic nitrogens is 3. The minimum atomic E-state index is -0.0407. The lowest BCUT2D eigenvalue weighted by Gasteiger charge is -2.16. The van der Waals surface area contributed by atoms with E-state index in [1.807, 2.05) is 40.8 Å². The summed E-state index contributed by atoms with van der Waals surface area (Å²) in [5, 5.41) is 3.77. The first-order chi connectivity index (χ1) is 11.7. The Hall–Kier alpha value is -2.41. The molecule has 4 heterocycles. The van der Waals surface area contributed by atoms with Gasteiger partial charge in [0.15, 0.2) is 5.65 Å². The fraction of sp³-hybridized carbons (Fsp3) is 0.353. The molecule has 3 aromatic heterocycles. The average molecular weight is 342 g/mol. The maximum atomic E-state index is 12.8. The number of likely N-dealkylation sites (tertiary alicyclic amines) is 1. The molecule has 0 bridgehead atoms. The van der Waals surface area contributed by atoms with E-state index < -0.39 is 0 Å². The van der Waals surface area contributed by atoms with E-state index in [0.717, 1.165) is 17.5 Å². The maximum absolute atomic E-state index is 12.8. The highest BCUT2D eigenvalue weighted by molar-refractivity contribution is 7.08. The molecule has 4 rings (SSSR count).